The molecule has 1 atom stereocenters. The van der Waals surface area contributed by atoms with Gasteiger partial charge >= 0.3 is 0 Å². The van der Waals surface area contributed by atoms with Crippen LogP contribution in [0.5, 0.6) is 0 Å². The molecule has 0 radical (unpaired) electrons. The first kappa shape index (κ1) is 23.0. The predicted molar refractivity (Wildman–Crippen MR) is 138 cm³/mol. The van der Waals surface area contributed by atoms with Crippen molar-refractivity contribution in [3.63, 3.8) is 0 Å². The van der Waals surface area contributed by atoms with Gasteiger partial charge < -0.3 is 9.88 Å². The second-order valence-electron chi connectivity index (χ2n) is 9.18. The highest BCUT2D eigenvalue weighted by Gasteiger charge is 2.28. The first-order valence-corrected chi connectivity index (χ1v) is 12.4. The quantitative estimate of drug-likeness (QED) is 0.325. The standard InChI is InChI=1S/C30H30FN3O/c1-3-34-28(30(35)32-26-16-10-8-12-21-11-7-9-15-24(21)26)27(23-18-17-20(2)25(31)19-23)33-29(34)22-13-5-4-6-14-22/h4-7,9,11,13-15,17-19,26H,3,8,10,12,16H2,1-2H3,(H,32,35). The zero-order valence-corrected chi connectivity index (χ0v) is 20.2. The molecule has 0 aliphatic heterocycles. The molecule has 0 spiro atoms. The Bertz CT molecular complexity index is 1360. The number of nitrogens with zero attached hydrogens (tertiary/aromatic N) is 2. The van der Waals surface area contributed by atoms with Crippen LogP contribution in [-0.4, -0.2) is 15.5 Å². The summed E-state index contributed by atoms with van der Waals surface area (Å²) in [6.45, 7) is 4.30. The second kappa shape index (κ2) is 9.87. The van der Waals surface area contributed by atoms with Gasteiger partial charge in [0.1, 0.15) is 23.0 Å². The van der Waals surface area contributed by atoms with Gasteiger partial charge in [0.2, 0.25) is 0 Å². The summed E-state index contributed by atoms with van der Waals surface area (Å²) in [5.41, 5.74) is 5.54. The maximum absolute atomic E-state index is 14.6. The molecule has 5 rings (SSSR count). The highest BCUT2D eigenvalue weighted by atomic mass is 19.1. The Morgan fingerprint density at radius 1 is 1.03 bits per heavy atom. The van der Waals surface area contributed by atoms with Crippen molar-refractivity contribution in [2.75, 3.05) is 0 Å². The fourth-order valence-corrected chi connectivity index (χ4v) is 5.04. The Hall–Kier alpha value is -3.73. The smallest absolute Gasteiger partial charge is 0.270 e. The highest BCUT2D eigenvalue weighted by molar-refractivity contribution is 6.00. The molecule has 1 amide bonds. The van der Waals surface area contributed by atoms with E-state index in [4.69, 9.17) is 4.98 Å². The fraction of sp³-hybridized carbons (Fsp3) is 0.267. The molecule has 1 N–H and O–H groups in total. The van der Waals surface area contributed by atoms with Crippen LogP contribution in [0.1, 0.15) is 59.4 Å². The summed E-state index contributed by atoms with van der Waals surface area (Å²) >= 11 is 0. The number of hydrogen-bond acceptors (Lipinski definition) is 2. The van der Waals surface area contributed by atoms with E-state index in [1.165, 1.54) is 17.2 Å². The zero-order valence-electron chi connectivity index (χ0n) is 20.2. The summed E-state index contributed by atoms with van der Waals surface area (Å²) in [5, 5.41) is 3.31. The van der Waals surface area contributed by atoms with Crippen molar-refractivity contribution in [2.45, 2.75) is 52.1 Å². The average molecular weight is 468 g/mol. The van der Waals surface area contributed by atoms with Crippen molar-refractivity contribution in [3.05, 3.63) is 101 Å². The molecule has 0 fully saturated rings. The molecule has 3 aromatic carbocycles. The van der Waals surface area contributed by atoms with Crippen LogP contribution in [0.4, 0.5) is 4.39 Å². The Kier molecular flexibility index (Phi) is 6.49. The molecule has 5 heteroatoms. The SMILES string of the molecule is CCn1c(-c2ccccc2)nc(-c2ccc(C)c(F)c2)c1C(=O)NC1CCCCc2ccccc21. The third-order valence-electron chi connectivity index (χ3n) is 6.90. The number of hydrogen-bond donors (Lipinski definition) is 1. The number of nitrogens with one attached hydrogen (secondary N) is 1. The van der Waals surface area contributed by atoms with Crippen LogP contribution in [0.25, 0.3) is 22.6 Å². The van der Waals surface area contributed by atoms with E-state index in [1.807, 2.05) is 54.0 Å². The molecule has 1 aliphatic carbocycles. The van der Waals surface area contributed by atoms with Crippen LogP contribution < -0.4 is 5.32 Å². The topological polar surface area (TPSA) is 46.9 Å². The van der Waals surface area contributed by atoms with Gasteiger partial charge in [-0.05, 0) is 55.9 Å². The summed E-state index contributed by atoms with van der Waals surface area (Å²) < 4.78 is 16.5. The van der Waals surface area contributed by atoms with Gasteiger partial charge in [0.05, 0.1) is 6.04 Å². The van der Waals surface area contributed by atoms with Gasteiger partial charge in [-0.25, -0.2) is 9.37 Å². The molecule has 178 valence electrons. The minimum Gasteiger partial charge on any atom is -0.344 e. The lowest BCUT2D eigenvalue weighted by atomic mass is 9.99. The molecule has 0 bridgehead atoms. The Labute approximate surface area is 205 Å². The van der Waals surface area contributed by atoms with Gasteiger partial charge in [0, 0.05) is 17.7 Å². The van der Waals surface area contributed by atoms with E-state index in [9.17, 15) is 9.18 Å². The summed E-state index contributed by atoms with van der Waals surface area (Å²) in [7, 11) is 0. The van der Waals surface area contributed by atoms with E-state index in [2.05, 4.69) is 23.5 Å². The van der Waals surface area contributed by atoms with E-state index in [1.54, 1.807) is 13.0 Å². The zero-order chi connectivity index (χ0) is 24.4. The van der Waals surface area contributed by atoms with Gasteiger partial charge in [-0.2, -0.15) is 0 Å². The van der Waals surface area contributed by atoms with Crippen molar-refractivity contribution in [2.24, 2.45) is 0 Å². The maximum atomic E-state index is 14.6. The first-order valence-electron chi connectivity index (χ1n) is 12.4. The molecule has 0 saturated carbocycles. The monoisotopic (exact) mass is 467 g/mol. The summed E-state index contributed by atoms with van der Waals surface area (Å²) in [6, 6.07) is 23.2. The molecule has 35 heavy (non-hydrogen) atoms. The van der Waals surface area contributed by atoms with E-state index in [0.29, 0.717) is 34.9 Å². The number of aromatic nitrogens is 2. The van der Waals surface area contributed by atoms with Crippen molar-refractivity contribution in [3.8, 4) is 22.6 Å². The van der Waals surface area contributed by atoms with Gasteiger partial charge in [-0.15, -0.1) is 0 Å². The number of carbonyl (C=O) groups excluding carboxylic acids is 1. The minimum atomic E-state index is -0.307. The van der Waals surface area contributed by atoms with Crippen LogP contribution in [-0.2, 0) is 13.0 Å². The van der Waals surface area contributed by atoms with Crippen molar-refractivity contribution < 1.29 is 9.18 Å². The Balaban J connectivity index is 1.62. The average Bonchev–Trinajstić information content (AvgIpc) is 3.16. The van der Waals surface area contributed by atoms with Crippen molar-refractivity contribution >= 4 is 5.91 Å². The fourth-order valence-electron chi connectivity index (χ4n) is 5.04. The largest absolute Gasteiger partial charge is 0.344 e. The molecule has 4 aromatic rings. The molecular weight excluding hydrogens is 437 g/mol. The lowest BCUT2D eigenvalue weighted by Crippen LogP contribution is -2.31. The number of benzene rings is 3. The van der Waals surface area contributed by atoms with Gasteiger partial charge in [0.15, 0.2) is 0 Å². The van der Waals surface area contributed by atoms with E-state index < -0.39 is 0 Å². The van der Waals surface area contributed by atoms with Gasteiger partial charge in [-0.3, -0.25) is 4.79 Å². The maximum Gasteiger partial charge on any atom is 0.270 e. The Morgan fingerprint density at radius 2 is 1.80 bits per heavy atom. The second-order valence-corrected chi connectivity index (χ2v) is 9.18. The third kappa shape index (κ3) is 4.51. The number of amides is 1. The molecular formula is C30H30FN3O. The normalized spacial score (nSPS) is 15.3. The van der Waals surface area contributed by atoms with Crippen LogP contribution in [0.15, 0.2) is 72.8 Å². The summed E-state index contributed by atoms with van der Waals surface area (Å²) in [5.74, 6) is 0.216. The third-order valence-corrected chi connectivity index (χ3v) is 6.90. The number of halogens is 1. The molecule has 1 aromatic heterocycles. The van der Waals surface area contributed by atoms with E-state index >= 15 is 0 Å². The summed E-state index contributed by atoms with van der Waals surface area (Å²) in [6.07, 6.45) is 4.09. The molecule has 4 nitrogen and oxygen atoms in total. The lowest BCUT2D eigenvalue weighted by molar-refractivity contribution is 0.0926. The highest BCUT2D eigenvalue weighted by Crippen LogP contribution is 2.33. The Morgan fingerprint density at radius 3 is 2.57 bits per heavy atom. The lowest BCUT2D eigenvalue weighted by Gasteiger charge is -2.20. The molecule has 1 unspecified atom stereocenters. The van der Waals surface area contributed by atoms with Crippen LogP contribution >= 0.6 is 0 Å². The predicted octanol–water partition coefficient (Wildman–Crippen LogP) is 6.88. The van der Waals surface area contributed by atoms with Crippen LogP contribution in [0.2, 0.25) is 0 Å². The van der Waals surface area contributed by atoms with E-state index in [0.717, 1.165) is 31.2 Å². The minimum absolute atomic E-state index is 0.0656. The van der Waals surface area contributed by atoms with Crippen molar-refractivity contribution in [1.82, 2.24) is 14.9 Å². The molecule has 1 aliphatic rings. The van der Waals surface area contributed by atoms with Crippen LogP contribution in [0.3, 0.4) is 0 Å². The first-order chi connectivity index (χ1) is 17.1. The number of carbonyl (C=O) groups is 1. The van der Waals surface area contributed by atoms with Crippen LogP contribution in [0, 0.1) is 12.7 Å². The molecule has 1 heterocycles. The number of rotatable bonds is 5. The number of imidazole rings is 1. The van der Waals surface area contributed by atoms with Crippen molar-refractivity contribution in [1.29, 1.82) is 0 Å². The number of fused-ring (bicyclic) bond motifs is 1. The number of aryl methyl sites for hydroxylation is 2. The van der Waals surface area contributed by atoms with Gasteiger partial charge in [0.25, 0.3) is 5.91 Å². The van der Waals surface area contributed by atoms with Gasteiger partial charge in [-0.1, -0.05) is 73.2 Å². The van der Waals surface area contributed by atoms with E-state index in [-0.39, 0.29) is 17.8 Å². The molecule has 0 saturated heterocycles. The summed E-state index contributed by atoms with van der Waals surface area (Å²) in [4.78, 5) is 18.8.